The predicted octanol–water partition coefficient (Wildman–Crippen LogP) is 5.14. The minimum atomic E-state index is 0.134. The number of unbranched alkanes of at least 4 members (excludes halogenated alkanes) is 2. The molecule has 0 heterocycles. The molecule has 0 aliphatic carbocycles. The van der Waals surface area contributed by atoms with Crippen LogP contribution in [-0.4, -0.2) is 41.8 Å². The molecule has 0 fully saturated rings. The van der Waals surface area contributed by atoms with Gasteiger partial charge in [0.2, 0.25) is 0 Å². The van der Waals surface area contributed by atoms with Crippen LogP contribution in [0.3, 0.4) is 0 Å². The molecule has 0 unspecified atom stereocenters. The summed E-state index contributed by atoms with van der Waals surface area (Å²) in [6, 6.07) is 9.05. The van der Waals surface area contributed by atoms with E-state index in [0.29, 0.717) is 0 Å². The van der Waals surface area contributed by atoms with Crippen LogP contribution in [0, 0.1) is 6.92 Å². The van der Waals surface area contributed by atoms with Crippen molar-refractivity contribution in [2.24, 2.45) is 0 Å². The van der Waals surface area contributed by atoms with E-state index in [-0.39, 0.29) is 41.8 Å². The molecular formula is C17H26Te2. The molecule has 1 aromatic carbocycles. The predicted molar refractivity (Wildman–Crippen MR) is 90.1 cm³/mol. The fourth-order valence-electron chi connectivity index (χ4n) is 1.56. The van der Waals surface area contributed by atoms with Crippen molar-refractivity contribution in [2.45, 2.75) is 55.4 Å². The van der Waals surface area contributed by atoms with Gasteiger partial charge >= 0.3 is 140 Å². The van der Waals surface area contributed by atoms with Gasteiger partial charge in [-0.2, -0.15) is 0 Å². The quantitative estimate of drug-likeness (QED) is 0.336. The summed E-state index contributed by atoms with van der Waals surface area (Å²) in [4.78, 5) is 0. The van der Waals surface area contributed by atoms with Crippen molar-refractivity contribution in [1.29, 1.82) is 0 Å². The molecule has 0 amide bonds. The van der Waals surface area contributed by atoms with Crippen molar-refractivity contribution < 1.29 is 0 Å². The van der Waals surface area contributed by atoms with E-state index in [1.165, 1.54) is 45.7 Å². The first-order chi connectivity index (χ1) is 9.26. The van der Waals surface area contributed by atoms with Gasteiger partial charge in [0.05, 0.1) is 0 Å². The Morgan fingerprint density at radius 1 is 0.947 bits per heavy atom. The second-order valence-electron chi connectivity index (χ2n) is 4.78. The van der Waals surface area contributed by atoms with Crippen LogP contribution in [0.2, 0.25) is 8.94 Å². The van der Waals surface area contributed by atoms with Crippen LogP contribution >= 0.6 is 0 Å². The number of rotatable bonds is 9. The first-order valence-electron chi connectivity index (χ1n) is 7.30. The Bertz CT molecular complexity index is 353. The third-order valence-corrected chi connectivity index (χ3v) is 12.5. The summed E-state index contributed by atoms with van der Waals surface area (Å²) in [5.74, 6) is 0. The van der Waals surface area contributed by atoms with E-state index in [1.807, 2.05) is 1.67 Å². The summed E-state index contributed by atoms with van der Waals surface area (Å²) in [7, 11) is 0. The average molecular weight is 486 g/mol. The third kappa shape index (κ3) is 8.42. The maximum atomic E-state index is 2.54. The van der Waals surface area contributed by atoms with Gasteiger partial charge in [-0.1, -0.05) is 0 Å². The van der Waals surface area contributed by atoms with Crippen molar-refractivity contribution in [3.05, 3.63) is 37.1 Å². The molecule has 0 aromatic heterocycles. The number of hydrogen-bond acceptors (Lipinski definition) is 0. The summed E-state index contributed by atoms with van der Waals surface area (Å²) in [5, 5.41) is 0. The van der Waals surface area contributed by atoms with Crippen LogP contribution in [0.25, 0.3) is 6.08 Å². The summed E-state index contributed by atoms with van der Waals surface area (Å²) >= 11 is 0.268. The Labute approximate surface area is 139 Å². The van der Waals surface area contributed by atoms with Crippen LogP contribution in [0.4, 0.5) is 0 Å². The standard InChI is InChI=1S/C17H26Te2/c1-4-6-12-18-17(19-13-7-5-2)14-16-10-8-15(3)9-11-16/h8-11,14H,4-7,12-13H2,1-3H3. The second-order valence-corrected chi connectivity index (χ2v) is 13.8. The fraction of sp³-hybridized carbons (Fsp3) is 0.529. The van der Waals surface area contributed by atoms with Crippen LogP contribution in [-0.2, 0) is 0 Å². The van der Waals surface area contributed by atoms with Crippen molar-refractivity contribution in [1.82, 2.24) is 0 Å². The molecule has 0 nitrogen and oxygen atoms in total. The molecule has 0 atom stereocenters. The first kappa shape index (κ1) is 17.6. The van der Waals surface area contributed by atoms with Crippen molar-refractivity contribution in [3.63, 3.8) is 0 Å². The average Bonchev–Trinajstić information content (AvgIpc) is 2.41. The molecule has 0 spiro atoms. The van der Waals surface area contributed by atoms with E-state index in [1.54, 1.807) is 0 Å². The van der Waals surface area contributed by atoms with E-state index in [0.717, 1.165) is 0 Å². The number of aryl methyl sites for hydroxylation is 1. The Hall–Kier alpha value is 0.539. The van der Waals surface area contributed by atoms with Gasteiger partial charge in [0.15, 0.2) is 0 Å². The van der Waals surface area contributed by atoms with Crippen LogP contribution in [0.1, 0.15) is 50.7 Å². The van der Waals surface area contributed by atoms with Gasteiger partial charge in [0, 0.05) is 0 Å². The molecule has 0 N–H and O–H groups in total. The summed E-state index contributed by atoms with van der Waals surface area (Å²) < 4.78 is 4.92. The van der Waals surface area contributed by atoms with Crippen molar-refractivity contribution in [2.75, 3.05) is 0 Å². The molecule has 0 saturated heterocycles. The summed E-state index contributed by atoms with van der Waals surface area (Å²) in [6.45, 7) is 6.79. The van der Waals surface area contributed by atoms with Gasteiger partial charge in [-0.3, -0.25) is 0 Å². The SMILES string of the molecule is CCCC[Te]C(=Cc1ccc(C)cc1)[Te]CCCC. The zero-order chi connectivity index (χ0) is 13.9. The Balaban J connectivity index is 2.61. The van der Waals surface area contributed by atoms with Crippen molar-refractivity contribution >= 4 is 47.9 Å². The fourth-order valence-corrected chi connectivity index (χ4v) is 11.5. The molecule has 2 heteroatoms. The Morgan fingerprint density at radius 2 is 1.47 bits per heavy atom. The van der Waals surface area contributed by atoms with Crippen LogP contribution in [0.15, 0.2) is 25.9 Å². The van der Waals surface area contributed by atoms with Gasteiger partial charge in [-0.15, -0.1) is 0 Å². The van der Waals surface area contributed by atoms with Crippen LogP contribution in [0.5, 0.6) is 0 Å². The molecule has 106 valence electrons. The first-order valence-corrected chi connectivity index (χ1v) is 12.9. The summed E-state index contributed by atoms with van der Waals surface area (Å²) in [5.41, 5.74) is 2.80. The van der Waals surface area contributed by atoms with Gasteiger partial charge in [-0.05, 0) is 0 Å². The molecule has 0 saturated carbocycles. The molecule has 1 rings (SSSR count). The van der Waals surface area contributed by atoms with Crippen LogP contribution < -0.4 is 0 Å². The molecule has 1 aromatic rings. The van der Waals surface area contributed by atoms with Gasteiger partial charge in [0.1, 0.15) is 0 Å². The van der Waals surface area contributed by atoms with Gasteiger partial charge in [-0.25, -0.2) is 0 Å². The maximum absolute atomic E-state index is 2.54. The molecule has 0 aliphatic rings. The second kappa shape index (κ2) is 11.2. The van der Waals surface area contributed by atoms with E-state index in [9.17, 15) is 0 Å². The molecule has 19 heavy (non-hydrogen) atoms. The molecule has 0 aliphatic heterocycles. The van der Waals surface area contributed by atoms with Gasteiger partial charge in [0.25, 0.3) is 0 Å². The van der Waals surface area contributed by atoms with Crippen molar-refractivity contribution in [3.8, 4) is 0 Å². The zero-order valence-corrected chi connectivity index (χ0v) is 17.1. The van der Waals surface area contributed by atoms with E-state index in [4.69, 9.17) is 0 Å². The normalized spacial score (nSPS) is 10.5. The van der Waals surface area contributed by atoms with E-state index in [2.05, 4.69) is 51.1 Å². The zero-order valence-electron chi connectivity index (χ0n) is 12.4. The molecule has 0 radical (unpaired) electrons. The number of hydrogen-bond donors (Lipinski definition) is 0. The minimum absolute atomic E-state index is 0.134. The van der Waals surface area contributed by atoms with E-state index < -0.39 is 0 Å². The Morgan fingerprint density at radius 3 is 1.95 bits per heavy atom. The molecular weight excluding hydrogens is 459 g/mol. The number of benzene rings is 1. The topological polar surface area (TPSA) is 0 Å². The van der Waals surface area contributed by atoms with E-state index >= 15 is 0 Å². The summed E-state index contributed by atoms with van der Waals surface area (Å²) in [6.07, 6.45) is 8.13. The Kier molecular flexibility index (Phi) is 10.4. The monoisotopic (exact) mass is 490 g/mol. The third-order valence-electron chi connectivity index (χ3n) is 2.85. The van der Waals surface area contributed by atoms with Gasteiger partial charge < -0.3 is 0 Å². The molecule has 0 bridgehead atoms.